The number of hydrogen-bond acceptors (Lipinski definition) is 3. The molecule has 0 fully saturated rings. The Morgan fingerprint density at radius 1 is 1.50 bits per heavy atom. The van der Waals surface area contributed by atoms with Gasteiger partial charge in [-0.2, -0.15) is 0 Å². The molecule has 0 aromatic heterocycles. The maximum Gasteiger partial charge on any atom is 0.0625 e. The molecular formula is C9H21NO2. The molecule has 0 aliphatic rings. The van der Waals surface area contributed by atoms with Crippen molar-refractivity contribution in [1.82, 2.24) is 0 Å². The van der Waals surface area contributed by atoms with E-state index in [9.17, 15) is 0 Å². The second kappa shape index (κ2) is 5.51. The molecule has 0 spiro atoms. The van der Waals surface area contributed by atoms with E-state index in [1.807, 2.05) is 13.8 Å². The van der Waals surface area contributed by atoms with Gasteiger partial charge >= 0.3 is 0 Å². The van der Waals surface area contributed by atoms with Gasteiger partial charge in [-0.15, -0.1) is 0 Å². The van der Waals surface area contributed by atoms with Crippen LogP contribution in [0.1, 0.15) is 26.7 Å². The predicted octanol–water partition coefficient (Wildman–Crippen LogP) is 0.759. The SMILES string of the molecule is COC(C)(C)CC(CN)CCO. The lowest BCUT2D eigenvalue weighted by molar-refractivity contribution is 0.000374. The maximum atomic E-state index is 8.74. The summed E-state index contributed by atoms with van der Waals surface area (Å²) in [4.78, 5) is 0. The molecule has 0 heterocycles. The number of ether oxygens (including phenoxy) is 1. The number of aliphatic hydroxyl groups is 1. The Bertz CT molecular complexity index is 115. The summed E-state index contributed by atoms with van der Waals surface area (Å²) in [6.07, 6.45) is 1.67. The number of hydrogen-bond donors (Lipinski definition) is 2. The average molecular weight is 175 g/mol. The molecule has 0 rings (SSSR count). The first kappa shape index (κ1) is 11.9. The Kier molecular flexibility index (Phi) is 5.46. The minimum atomic E-state index is -0.126. The van der Waals surface area contributed by atoms with E-state index in [4.69, 9.17) is 15.6 Å². The molecule has 0 aliphatic heterocycles. The van der Waals surface area contributed by atoms with Crippen molar-refractivity contribution in [3.05, 3.63) is 0 Å². The minimum Gasteiger partial charge on any atom is -0.396 e. The van der Waals surface area contributed by atoms with E-state index in [0.717, 1.165) is 12.8 Å². The summed E-state index contributed by atoms with van der Waals surface area (Å²) in [6, 6.07) is 0. The van der Waals surface area contributed by atoms with Crippen LogP contribution in [-0.2, 0) is 4.74 Å². The van der Waals surface area contributed by atoms with Crippen LogP contribution in [0.4, 0.5) is 0 Å². The smallest absolute Gasteiger partial charge is 0.0625 e. The van der Waals surface area contributed by atoms with Gasteiger partial charge in [-0.3, -0.25) is 0 Å². The zero-order valence-corrected chi connectivity index (χ0v) is 8.34. The summed E-state index contributed by atoms with van der Waals surface area (Å²) in [7, 11) is 1.70. The Morgan fingerprint density at radius 2 is 2.08 bits per heavy atom. The predicted molar refractivity (Wildman–Crippen MR) is 50.0 cm³/mol. The highest BCUT2D eigenvalue weighted by atomic mass is 16.5. The fraction of sp³-hybridized carbons (Fsp3) is 1.00. The van der Waals surface area contributed by atoms with Gasteiger partial charge in [-0.05, 0) is 39.2 Å². The fourth-order valence-corrected chi connectivity index (χ4v) is 1.26. The topological polar surface area (TPSA) is 55.5 Å². The Balaban J connectivity index is 3.83. The largest absolute Gasteiger partial charge is 0.396 e. The van der Waals surface area contributed by atoms with E-state index in [1.165, 1.54) is 0 Å². The van der Waals surface area contributed by atoms with E-state index < -0.39 is 0 Å². The Hall–Kier alpha value is -0.120. The molecule has 0 aromatic carbocycles. The molecule has 0 saturated heterocycles. The zero-order valence-electron chi connectivity index (χ0n) is 8.34. The average Bonchev–Trinajstić information content (AvgIpc) is 2.03. The third-order valence-electron chi connectivity index (χ3n) is 2.20. The van der Waals surface area contributed by atoms with Crippen LogP contribution in [0.3, 0.4) is 0 Å². The van der Waals surface area contributed by atoms with Crippen LogP contribution >= 0.6 is 0 Å². The van der Waals surface area contributed by atoms with Gasteiger partial charge in [0.2, 0.25) is 0 Å². The van der Waals surface area contributed by atoms with Gasteiger partial charge in [-0.1, -0.05) is 0 Å². The molecule has 1 atom stereocenters. The molecule has 0 amide bonds. The Morgan fingerprint density at radius 3 is 2.42 bits per heavy atom. The van der Waals surface area contributed by atoms with Crippen molar-refractivity contribution in [3.8, 4) is 0 Å². The van der Waals surface area contributed by atoms with Gasteiger partial charge in [-0.25, -0.2) is 0 Å². The highest BCUT2D eigenvalue weighted by molar-refractivity contribution is 4.74. The molecule has 0 aromatic rings. The van der Waals surface area contributed by atoms with Gasteiger partial charge in [0, 0.05) is 13.7 Å². The lowest BCUT2D eigenvalue weighted by Gasteiger charge is -2.27. The van der Waals surface area contributed by atoms with Gasteiger partial charge in [0.1, 0.15) is 0 Å². The lowest BCUT2D eigenvalue weighted by Crippen LogP contribution is -2.30. The van der Waals surface area contributed by atoms with Crippen LogP contribution in [0.25, 0.3) is 0 Å². The van der Waals surface area contributed by atoms with E-state index in [1.54, 1.807) is 7.11 Å². The normalized spacial score (nSPS) is 14.8. The van der Waals surface area contributed by atoms with E-state index in [0.29, 0.717) is 12.5 Å². The van der Waals surface area contributed by atoms with Crippen molar-refractivity contribution in [3.63, 3.8) is 0 Å². The zero-order chi connectivity index (χ0) is 9.61. The second-order valence-electron chi connectivity index (χ2n) is 3.78. The third-order valence-corrected chi connectivity index (χ3v) is 2.20. The summed E-state index contributed by atoms with van der Waals surface area (Å²) in [5.41, 5.74) is 5.43. The van der Waals surface area contributed by atoms with Crippen molar-refractivity contribution >= 4 is 0 Å². The summed E-state index contributed by atoms with van der Waals surface area (Å²) in [5, 5.41) is 8.74. The molecule has 3 N–H and O–H groups in total. The molecule has 3 nitrogen and oxygen atoms in total. The highest BCUT2D eigenvalue weighted by Crippen LogP contribution is 2.20. The summed E-state index contributed by atoms with van der Waals surface area (Å²) in [6.45, 7) is 4.90. The van der Waals surface area contributed by atoms with Gasteiger partial charge in [0.15, 0.2) is 0 Å². The van der Waals surface area contributed by atoms with Crippen molar-refractivity contribution in [2.45, 2.75) is 32.3 Å². The Labute approximate surface area is 74.9 Å². The lowest BCUT2D eigenvalue weighted by atomic mass is 9.91. The van der Waals surface area contributed by atoms with Crippen LogP contribution in [0.5, 0.6) is 0 Å². The van der Waals surface area contributed by atoms with Crippen molar-refractivity contribution in [2.75, 3.05) is 20.3 Å². The first-order chi connectivity index (χ1) is 5.55. The minimum absolute atomic E-state index is 0.126. The first-order valence-corrected chi connectivity index (χ1v) is 4.42. The fourth-order valence-electron chi connectivity index (χ4n) is 1.26. The van der Waals surface area contributed by atoms with E-state index in [2.05, 4.69) is 0 Å². The summed E-state index contributed by atoms with van der Waals surface area (Å²) < 4.78 is 5.28. The first-order valence-electron chi connectivity index (χ1n) is 4.42. The molecule has 0 saturated carbocycles. The van der Waals surface area contributed by atoms with Crippen LogP contribution in [0.2, 0.25) is 0 Å². The monoisotopic (exact) mass is 175 g/mol. The van der Waals surface area contributed by atoms with E-state index in [-0.39, 0.29) is 12.2 Å². The van der Waals surface area contributed by atoms with Gasteiger partial charge in [0.25, 0.3) is 0 Å². The van der Waals surface area contributed by atoms with Crippen molar-refractivity contribution in [2.24, 2.45) is 11.7 Å². The van der Waals surface area contributed by atoms with Crippen LogP contribution in [-0.4, -0.2) is 31.0 Å². The number of aliphatic hydroxyl groups excluding tert-OH is 1. The van der Waals surface area contributed by atoms with Crippen LogP contribution in [0.15, 0.2) is 0 Å². The molecule has 3 heteroatoms. The molecule has 74 valence electrons. The number of nitrogens with two attached hydrogens (primary N) is 1. The van der Waals surface area contributed by atoms with Crippen molar-refractivity contribution in [1.29, 1.82) is 0 Å². The van der Waals surface area contributed by atoms with Gasteiger partial charge < -0.3 is 15.6 Å². The van der Waals surface area contributed by atoms with Crippen LogP contribution < -0.4 is 5.73 Å². The molecule has 0 aliphatic carbocycles. The van der Waals surface area contributed by atoms with Gasteiger partial charge in [0.05, 0.1) is 5.60 Å². The maximum absolute atomic E-state index is 8.74. The molecule has 0 radical (unpaired) electrons. The molecule has 0 bridgehead atoms. The molecule has 12 heavy (non-hydrogen) atoms. The molecular weight excluding hydrogens is 154 g/mol. The van der Waals surface area contributed by atoms with Crippen LogP contribution in [0, 0.1) is 5.92 Å². The third kappa shape index (κ3) is 4.70. The van der Waals surface area contributed by atoms with E-state index >= 15 is 0 Å². The highest BCUT2D eigenvalue weighted by Gasteiger charge is 2.21. The van der Waals surface area contributed by atoms with Crippen molar-refractivity contribution < 1.29 is 9.84 Å². The quantitative estimate of drug-likeness (QED) is 0.626. The number of rotatable bonds is 6. The summed E-state index contributed by atoms with van der Waals surface area (Å²) >= 11 is 0. The number of methoxy groups -OCH3 is 1. The summed E-state index contributed by atoms with van der Waals surface area (Å²) in [5.74, 6) is 0.366. The standard InChI is InChI=1S/C9H21NO2/c1-9(2,12-3)6-8(7-10)4-5-11/h8,11H,4-7,10H2,1-3H3. The second-order valence-corrected chi connectivity index (χ2v) is 3.78. The molecule has 1 unspecified atom stereocenters.